The second kappa shape index (κ2) is 10.2. The largest absolute Gasteiger partial charge is 0.507 e. The van der Waals surface area contributed by atoms with Crippen molar-refractivity contribution in [3.05, 3.63) is 69.8 Å². The summed E-state index contributed by atoms with van der Waals surface area (Å²) in [7, 11) is 0. The van der Waals surface area contributed by atoms with Gasteiger partial charge in [0.05, 0.1) is 11.6 Å². The first kappa shape index (κ1) is 24.3. The lowest BCUT2D eigenvalue weighted by atomic mass is 9.94. The van der Waals surface area contributed by atoms with Crippen LogP contribution in [0.4, 0.5) is 0 Å². The van der Waals surface area contributed by atoms with Gasteiger partial charge in [-0.25, -0.2) is 0 Å². The number of benzene rings is 2. The summed E-state index contributed by atoms with van der Waals surface area (Å²) in [5, 5.41) is 11.9. The van der Waals surface area contributed by atoms with Crippen LogP contribution in [0.15, 0.2) is 48.0 Å². The predicted molar refractivity (Wildman–Crippen MR) is 133 cm³/mol. The maximum atomic E-state index is 13.2. The molecule has 6 nitrogen and oxygen atoms in total. The third-order valence-corrected chi connectivity index (χ3v) is 6.91. The molecule has 2 aromatic carbocycles. The van der Waals surface area contributed by atoms with Gasteiger partial charge in [-0.1, -0.05) is 37.6 Å². The maximum absolute atomic E-state index is 13.2. The Morgan fingerprint density at radius 3 is 2.53 bits per heavy atom. The molecule has 2 aromatic rings. The standard InChI is InChI=1S/C27H31ClN2O4/c1-4-29(5-2)13-6-14-30-24(18-7-10-21(28)11-8-18)23(26(32)27(30)33)25(31)19-9-12-22-20(16-19)15-17(3)34-22/h7-12,16-17,24,31H,4-6,13-15H2,1-3H3/b25-23+/t17-,24+/m0/s1. The predicted octanol–water partition coefficient (Wildman–Crippen LogP) is 4.82. The van der Waals surface area contributed by atoms with Crippen molar-refractivity contribution in [2.24, 2.45) is 0 Å². The molecule has 2 heterocycles. The highest BCUT2D eigenvalue weighted by Crippen LogP contribution is 2.40. The molecule has 0 aliphatic carbocycles. The number of likely N-dealkylation sites (tertiary alicyclic amines) is 1. The zero-order chi connectivity index (χ0) is 24.4. The van der Waals surface area contributed by atoms with Crippen LogP contribution in [0.2, 0.25) is 5.02 Å². The molecule has 4 rings (SSSR count). The van der Waals surface area contributed by atoms with Crippen molar-refractivity contribution in [2.45, 2.75) is 45.8 Å². The summed E-state index contributed by atoms with van der Waals surface area (Å²) >= 11 is 6.10. The first-order chi connectivity index (χ1) is 16.3. The number of Topliss-reactive ketones (excluding diaryl/α,β-unsaturated/α-hetero) is 1. The molecule has 2 atom stereocenters. The van der Waals surface area contributed by atoms with E-state index in [1.54, 1.807) is 23.1 Å². The monoisotopic (exact) mass is 482 g/mol. The van der Waals surface area contributed by atoms with E-state index >= 15 is 0 Å². The number of aliphatic hydroxyl groups excluding tert-OH is 1. The molecule has 0 saturated carbocycles. The summed E-state index contributed by atoms with van der Waals surface area (Å²) in [6.07, 6.45) is 1.53. The van der Waals surface area contributed by atoms with Gasteiger partial charge in [0.15, 0.2) is 0 Å². The van der Waals surface area contributed by atoms with Crippen LogP contribution in [0.3, 0.4) is 0 Å². The molecular formula is C27H31ClN2O4. The van der Waals surface area contributed by atoms with E-state index in [0.717, 1.165) is 49.4 Å². The van der Waals surface area contributed by atoms with Crippen molar-refractivity contribution in [1.29, 1.82) is 0 Å². The van der Waals surface area contributed by atoms with Gasteiger partial charge in [0.25, 0.3) is 11.7 Å². The van der Waals surface area contributed by atoms with Crippen molar-refractivity contribution < 1.29 is 19.4 Å². The number of fused-ring (bicyclic) bond motifs is 1. The second-order valence-electron chi connectivity index (χ2n) is 8.88. The molecule has 1 fully saturated rings. The molecule has 1 amide bonds. The molecule has 0 bridgehead atoms. The lowest BCUT2D eigenvalue weighted by Crippen LogP contribution is -2.33. The molecular weight excluding hydrogens is 452 g/mol. The number of aliphatic hydroxyl groups is 1. The van der Waals surface area contributed by atoms with E-state index in [-0.39, 0.29) is 17.4 Å². The first-order valence-corrected chi connectivity index (χ1v) is 12.3. The number of halogens is 1. The Bertz CT molecular complexity index is 1110. The van der Waals surface area contributed by atoms with Crippen molar-refractivity contribution in [3.8, 4) is 5.75 Å². The summed E-state index contributed by atoms with van der Waals surface area (Å²) < 4.78 is 5.76. The van der Waals surface area contributed by atoms with Crippen LogP contribution in [0.25, 0.3) is 5.76 Å². The maximum Gasteiger partial charge on any atom is 0.295 e. The number of ketones is 1. The zero-order valence-electron chi connectivity index (χ0n) is 19.9. The Labute approximate surface area is 205 Å². The molecule has 0 aromatic heterocycles. The van der Waals surface area contributed by atoms with Gasteiger partial charge in [-0.3, -0.25) is 9.59 Å². The summed E-state index contributed by atoms with van der Waals surface area (Å²) in [5.41, 5.74) is 2.35. The van der Waals surface area contributed by atoms with Crippen LogP contribution in [-0.2, 0) is 16.0 Å². The molecule has 1 N–H and O–H groups in total. The number of nitrogens with zero attached hydrogens (tertiary/aromatic N) is 2. The molecule has 2 aliphatic heterocycles. The van der Waals surface area contributed by atoms with Crippen LogP contribution in [-0.4, -0.2) is 58.9 Å². The number of rotatable bonds is 8. The fourth-order valence-electron chi connectivity index (χ4n) is 4.83. The highest BCUT2D eigenvalue weighted by atomic mass is 35.5. The van der Waals surface area contributed by atoms with Gasteiger partial charge in [0.1, 0.15) is 17.6 Å². The highest BCUT2D eigenvalue weighted by Gasteiger charge is 2.45. The van der Waals surface area contributed by atoms with E-state index in [9.17, 15) is 14.7 Å². The second-order valence-corrected chi connectivity index (χ2v) is 9.32. The average Bonchev–Trinajstić information content (AvgIpc) is 3.32. The number of ether oxygens (including phenoxy) is 1. The lowest BCUT2D eigenvalue weighted by molar-refractivity contribution is -0.140. The van der Waals surface area contributed by atoms with Crippen molar-refractivity contribution in [1.82, 2.24) is 9.80 Å². The third kappa shape index (κ3) is 4.70. The van der Waals surface area contributed by atoms with Crippen molar-refractivity contribution in [2.75, 3.05) is 26.2 Å². The molecule has 0 unspecified atom stereocenters. The normalized spacial score (nSPS) is 21.3. The Morgan fingerprint density at radius 2 is 1.85 bits per heavy atom. The van der Waals surface area contributed by atoms with E-state index in [1.165, 1.54) is 0 Å². The quantitative estimate of drug-likeness (QED) is 0.332. The van der Waals surface area contributed by atoms with E-state index in [0.29, 0.717) is 17.1 Å². The van der Waals surface area contributed by atoms with Gasteiger partial charge in [-0.15, -0.1) is 0 Å². The fourth-order valence-corrected chi connectivity index (χ4v) is 4.96. The summed E-state index contributed by atoms with van der Waals surface area (Å²) in [6, 6.07) is 11.8. The minimum absolute atomic E-state index is 0.0675. The molecule has 7 heteroatoms. The minimum atomic E-state index is -0.669. The third-order valence-electron chi connectivity index (χ3n) is 6.66. The Kier molecular flexibility index (Phi) is 7.29. The smallest absolute Gasteiger partial charge is 0.295 e. The van der Waals surface area contributed by atoms with E-state index in [1.807, 2.05) is 31.2 Å². The van der Waals surface area contributed by atoms with Crippen molar-refractivity contribution >= 4 is 29.1 Å². The molecule has 1 saturated heterocycles. The number of carbonyl (C=O) groups excluding carboxylic acids is 2. The average molecular weight is 483 g/mol. The fraction of sp³-hybridized carbons (Fsp3) is 0.407. The van der Waals surface area contributed by atoms with E-state index in [2.05, 4.69) is 18.7 Å². The molecule has 2 aliphatic rings. The minimum Gasteiger partial charge on any atom is -0.507 e. The van der Waals surface area contributed by atoms with Crippen LogP contribution in [0.1, 0.15) is 49.9 Å². The SMILES string of the molecule is CCN(CC)CCCN1C(=O)C(=O)/C(=C(/O)c2ccc3c(c2)C[C@H](C)O3)[C@H]1c1ccc(Cl)cc1. The molecule has 0 radical (unpaired) electrons. The van der Waals surface area contributed by atoms with E-state index < -0.39 is 17.7 Å². The highest BCUT2D eigenvalue weighted by molar-refractivity contribution is 6.46. The number of carbonyl (C=O) groups is 2. The van der Waals surface area contributed by atoms with Gasteiger partial charge in [-0.05, 0) is 74.4 Å². The summed E-state index contributed by atoms with van der Waals surface area (Å²) in [5.74, 6) is -0.619. The molecule has 0 spiro atoms. The zero-order valence-corrected chi connectivity index (χ0v) is 20.6. The van der Waals surface area contributed by atoms with Crippen molar-refractivity contribution in [3.63, 3.8) is 0 Å². The van der Waals surface area contributed by atoms with Gasteiger partial charge >= 0.3 is 0 Å². The van der Waals surface area contributed by atoms with Crippen LogP contribution in [0.5, 0.6) is 5.75 Å². The van der Waals surface area contributed by atoms with Gasteiger partial charge in [0, 0.05) is 23.6 Å². The lowest BCUT2D eigenvalue weighted by Gasteiger charge is -2.27. The van der Waals surface area contributed by atoms with Crippen LogP contribution < -0.4 is 4.74 Å². The molecule has 34 heavy (non-hydrogen) atoms. The number of amides is 1. The van der Waals surface area contributed by atoms with Gasteiger partial charge in [0.2, 0.25) is 0 Å². The Hall–Kier alpha value is -2.83. The van der Waals surface area contributed by atoms with Crippen LogP contribution >= 0.6 is 11.6 Å². The van der Waals surface area contributed by atoms with E-state index in [4.69, 9.17) is 16.3 Å². The van der Waals surface area contributed by atoms with Crippen LogP contribution in [0, 0.1) is 0 Å². The Morgan fingerprint density at radius 1 is 1.15 bits per heavy atom. The van der Waals surface area contributed by atoms with Gasteiger partial charge < -0.3 is 19.6 Å². The summed E-state index contributed by atoms with van der Waals surface area (Å²) in [6.45, 7) is 9.29. The van der Waals surface area contributed by atoms with Gasteiger partial charge in [-0.2, -0.15) is 0 Å². The topological polar surface area (TPSA) is 70.1 Å². The first-order valence-electron chi connectivity index (χ1n) is 11.9. The number of hydrogen-bond donors (Lipinski definition) is 1. The Balaban J connectivity index is 1.72. The summed E-state index contributed by atoms with van der Waals surface area (Å²) in [4.78, 5) is 30.2. The molecule has 180 valence electrons. The number of hydrogen-bond acceptors (Lipinski definition) is 5.